The van der Waals surface area contributed by atoms with E-state index in [1.165, 1.54) is 0 Å². The largest absolute Gasteiger partial charge is 0.461 e. The van der Waals surface area contributed by atoms with Crippen LogP contribution in [0.1, 0.15) is 52.0 Å². The highest BCUT2D eigenvalue weighted by atomic mass is 35.5. The maximum atomic E-state index is 12.9. The van der Waals surface area contributed by atoms with Crippen molar-refractivity contribution in [1.29, 1.82) is 0 Å². The van der Waals surface area contributed by atoms with Crippen molar-refractivity contribution in [1.82, 2.24) is 10.4 Å². The van der Waals surface area contributed by atoms with Crippen LogP contribution in [0, 0.1) is 11.8 Å². The first kappa shape index (κ1) is 26.4. The minimum Gasteiger partial charge on any atom is -0.461 e. The van der Waals surface area contributed by atoms with Crippen LogP contribution in [-0.2, 0) is 30.5 Å². The van der Waals surface area contributed by atoms with Crippen molar-refractivity contribution in [3.8, 4) is 0 Å². The summed E-state index contributed by atoms with van der Waals surface area (Å²) in [4.78, 5) is 48.9. The number of carbonyl (C=O) groups is 4. The number of esters is 1. The minimum atomic E-state index is -0.854. The summed E-state index contributed by atoms with van der Waals surface area (Å²) in [5.41, 5.74) is 8.53. The number of carbonyl (C=O) groups excluding carboxylic acids is 4. The van der Waals surface area contributed by atoms with Crippen molar-refractivity contribution in [2.45, 2.75) is 58.4 Å². The molecule has 0 aliphatic heterocycles. The molecule has 3 N–H and O–H groups in total. The minimum absolute atomic E-state index is 0.101. The Bertz CT molecular complexity index is 742. The second kappa shape index (κ2) is 13.6. The summed E-state index contributed by atoms with van der Waals surface area (Å²) >= 11 is 6.02. The third-order valence-corrected chi connectivity index (χ3v) is 5.00. The number of halogens is 1. The van der Waals surface area contributed by atoms with Gasteiger partial charge < -0.3 is 10.5 Å². The molecule has 0 radical (unpaired) electrons. The van der Waals surface area contributed by atoms with Crippen molar-refractivity contribution in [3.63, 3.8) is 0 Å². The first-order valence-corrected chi connectivity index (χ1v) is 10.8. The summed E-state index contributed by atoms with van der Waals surface area (Å²) in [6, 6.07) is 9.23. The molecule has 0 heterocycles. The van der Waals surface area contributed by atoms with Gasteiger partial charge in [0.1, 0.15) is 12.0 Å². The molecule has 0 spiro atoms. The number of amides is 3. The third-order valence-electron chi connectivity index (χ3n) is 4.50. The summed E-state index contributed by atoms with van der Waals surface area (Å²) in [6.45, 7) is 5.60. The Balaban J connectivity index is 2.81. The van der Waals surface area contributed by atoms with Gasteiger partial charge in [-0.15, -0.1) is 11.6 Å². The van der Waals surface area contributed by atoms with Crippen LogP contribution in [0.5, 0.6) is 0 Å². The molecule has 0 saturated carbocycles. The average molecular weight is 454 g/mol. The maximum Gasteiger partial charge on any atom is 0.306 e. The fourth-order valence-corrected chi connectivity index (χ4v) is 2.98. The molecule has 0 saturated heterocycles. The fourth-order valence-electron chi connectivity index (χ4n) is 2.86. The van der Waals surface area contributed by atoms with Crippen LogP contribution < -0.4 is 11.2 Å². The molecule has 0 aromatic heterocycles. The van der Waals surface area contributed by atoms with E-state index in [1.807, 2.05) is 44.2 Å². The van der Waals surface area contributed by atoms with E-state index in [0.717, 1.165) is 10.6 Å². The summed E-state index contributed by atoms with van der Waals surface area (Å²) in [5, 5.41) is 0.157. The molecule has 1 unspecified atom stereocenters. The van der Waals surface area contributed by atoms with E-state index >= 15 is 0 Å². The van der Waals surface area contributed by atoms with Crippen LogP contribution in [0.2, 0.25) is 0 Å². The van der Waals surface area contributed by atoms with E-state index < -0.39 is 35.0 Å². The van der Waals surface area contributed by atoms with Gasteiger partial charge >= 0.3 is 5.97 Å². The molecule has 0 bridgehead atoms. The summed E-state index contributed by atoms with van der Waals surface area (Å²) in [5.74, 6) is -2.75. The van der Waals surface area contributed by atoms with Gasteiger partial charge in [0, 0.05) is 6.42 Å². The Morgan fingerprint density at radius 1 is 1.16 bits per heavy atom. The Kier molecular flexibility index (Phi) is 11.6. The number of rotatable bonds is 12. The monoisotopic (exact) mass is 453 g/mol. The second-order valence-corrected chi connectivity index (χ2v) is 8.26. The first-order chi connectivity index (χ1) is 14.6. The van der Waals surface area contributed by atoms with Gasteiger partial charge in [0.15, 0.2) is 0 Å². The quantitative estimate of drug-likeness (QED) is 0.286. The van der Waals surface area contributed by atoms with Crippen molar-refractivity contribution >= 4 is 35.3 Å². The molecular weight excluding hydrogens is 422 g/mol. The lowest BCUT2D eigenvalue weighted by Crippen LogP contribution is -2.52. The van der Waals surface area contributed by atoms with E-state index in [-0.39, 0.29) is 31.9 Å². The summed E-state index contributed by atoms with van der Waals surface area (Å²) in [7, 11) is 0. The van der Waals surface area contributed by atoms with E-state index in [9.17, 15) is 19.2 Å². The predicted octanol–water partition coefficient (Wildman–Crippen LogP) is 2.53. The van der Waals surface area contributed by atoms with Crippen LogP contribution in [0.15, 0.2) is 30.3 Å². The Labute approximate surface area is 188 Å². The fraction of sp³-hybridized carbons (Fsp3) is 0.545. The number of ether oxygens (including phenoxy) is 1. The van der Waals surface area contributed by atoms with Crippen LogP contribution >= 0.6 is 11.6 Å². The highest BCUT2D eigenvalue weighted by Gasteiger charge is 2.28. The number of nitrogens with one attached hydrogen (secondary N) is 1. The first-order valence-electron chi connectivity index (χ1n) is 10.4. The van der Waals surface area contributed by atoms with E-state index in [2.05, 4.69) is 5.43 Å². The van der Waals surface area contributed by atoms with Gasteiger partial charge in [-0.3, -0.25) is 29.6 Å². The van der Waals surface area contributed by atoms with Crippen LogP contribution in [0.4, 0.5) is 0 Å². The number of hydrazine groups is 1. The van der Waals surface area contributed by atoms with Gasteiger partial charge in [-0.1, -0.05) is 51.1 Å². The molecule has 0 aliphatic rings. The highest BCUT2D eigenvalue weighted by molar-refractivity contribution is 6.30. The average Bonchev–Trinajstić information content (AvgIpc) is 2.73. The van der Waals surface area contributed by atoms with E-state index in [0.29, 0.717) is 12.8 Å². The number of benzene rings is 1. The van der Waals surface area contributed by atoms with Crippen molar-refractivity contribution in [2.75, 3.05) is 6.54 Å². The topological polar surface area (TPSA) is 119 Å². The SMILES string of the molecule is CCC(Cl)C(=O)N(CCC(N)=O)NC(=O)[C@@H](CC(=O)OCc1ccccc1)CC(C)C. The molecular formula is C22H32ClN3O5. The number of hydrogen-bond acceptors (Lipinski definition) is 5. The van der Waals surface area contributed by atoms with E-state index in [1.54, 1.807) is 6.92 Å². The lowest BCUT2D eigenvalue weighted by molar-refractivity contribution is -0.150. The standard InChI is InChI=1S/C22H32ClN3O5/c1-4-18(23)22(30)26(11-10-19(24)27)25-21(29)17(12-15(2)3)13-20(28)31-14-16-8-6-5-7-9-16/h5-9,15,17-18H,4,10-14H2,1-3H3,(H2,24,27)(H,25,29)/t17-,18?/m1/s1. The molecule has 8 nitrogen and oxygen atoms in total. The molecule has 1 aromatic rings. The predicted molar refractivity (Wildman–Crippen MR) is 117 cm³/mol. The molecule has 0 aliphatic carbocycles. The van der Waals surface area contributed by atoms with Gasteiger partial charge in [-0.25, -0.2) is 0 Å². The number of nitrogens with two attached hydrogens (primary N) is 1. The van der Waals surface area contributed by atoms with E-state index in [4.69, 9.17) is 22.1 Å². The van der Waals surface area contributed by atoms with Gasteiger partial charge in [-0.05, 0) is 24.3 Å². The lowest BCUT2D eigenvalue weighted by atomic mass is 9.93. The molecule has 172 valence electrons. The lowest BCUT2D eigenvalue weighted by Gasteiger charge is -2.27. The van der Waals surface area contributed by atoms with Crippen molar-refractivity contribution in [2.24, 2.45) is 17.6 Å². The smallest absolute Gasteiger partial charge is 0.306 e. The number of nitrogens with zero attached hydrogens (tertiary/aromatic N) is 1. The van der Waals surface area contributed by atoms with Crippen LogP contribution in [-0.4, -0.2) is 40.6 Å². The molecule has 1 rings (SSSR count). The zero-order valence-electron chi connectivity index (χ0n) is 18.3. The zero-order valence-corrected chi connectivity index (χ0v) is 19.1. The molecule has 0 fully saturated rings. The van der Waals surface area contributed by atoms with Gasteiger partial charge in [-0.2, -0.15) is 0 Å². The normalized spacial score (nSPS) is 12.7. The number of primary amides is 1. The molecule has 3 amide bonds. The maximum absolute atomic E-state index is 12.9. The Morgan fingerprint density at radius 2 is 1.81 bits per heavy atom. The number of alkyl halides is 1. The molecule has 9 heteroatoms. The summed E-state index contributed by atoms with van der Waals surface area (Å²) < 4.78 is 5.30. The molecule has 31 heavy (non-hydrogen) atoms. The summed E-state index contributed by atoms with van der Waals surface area (Å²) in [6.07, 6.45) is 0.507. The van der Waals surface area contributed by atoms with Crippen LogP contribution in [0.25, 0.3) is 0 Å². The molecule has 2 atom stereocenters. The van der Waals surface area contributed by atoms with Gasteiger partial charge in [0.2, 0.25) is 11.8 Å². The molecule has 1 aromatic carbocycles. The van der Waals surface area contributed by atoms with Crippen molar-refractivity contribution < 1.29 is 23.9 Å². The van der Waals surface area contributed by atoms with Crippen LogP contribution in [0.3, 0.4) is 0 Å². The third kappa shape index (κ3) is 10.3. The highest BCUT2D eigenvalue weighted by Crippen LogP contribution is 2.18. The van der Waals surface area contributed by atoms with Gasteiger partial charge in [0.05, 0.1) is 18.9 Å². The Hall–Kier alpha value is -2.61. The number of hydrogen-bond donors (Lipinski definition) is 2. The zero-order chi connectivity index (χ0) is 23.4. The second-order valence-electron chi connectivity index (χ2n) is 7.73. The van der Waals surface area contributed by atoms with Crippen molar-refractivity contribution in [3.05, 3.63) is 35.9 Å². The van der Waals surface area contributed by atoms with Gasteiger partial charge in [0.25, 0.3) is 5.91 Å². The Morgan fingerprint density at radius 3 is 2.35 bits per heavy atom.